The van der Waals surface area contributed by atoms with Crippen LogP contribution in [0.25, 0.3) is 0 Å². The molecule has 0 aliphatic carbocycles. The van der Waals surface area contributed by atoms with Crippen molar-refractivity contribution in [2.24, 2.45) is 0 Å². The molecule has 0 aromatic heterocycles. The highest BCUT2D eigenvalue weighted by molar-refractivity contribution is 6.31. The van der Waals surface area contributed by atoms with Gasteiger partial charge < -0.3 is 10.6 Å². The molecule has 7 nitrogen and oxygen atoms in total. The van der Waals surface area contributed by atoms with Crippen molar-refractivity contribution in [2.75, 3.05) is 11.9 Å². The first-order chi connectivity index (χ1) is 11.4. The van der Waals surface area contributed by atoms with E-state index in [0.29, 0.717) is 0 Å². The maximum absolute atomic E-state index is 13.6. The van der Waals surface area contributed by atoms with Crippen molar-refractivity contribution >= 4 is 34.8 Å². The Morgan fingerprint density at radius 2 is 1.92 bits per heavy atom. The lowest BCUT2D eigenvalue weighted by Gasteiger charge is -2.08. The van der Waals surface area contributed by atoms with E-state index in [1.165, 1.54) is 36.4 Å². The molecule has 2 amide bonds. The van der Waals surface area contributed by atoms with Crippen LogP contribution in [0.5, 0.6) is 0 Å². The third kappa shape index (κ3) is 4.26. The molecule has 2 aromatic carbocycles. The maximum atomic E-state index is 13.6. The Morgan fingerprint density at radius 1 is 1.21 bits per heavy atom. The highest BCUT2D eigenvalue weighted by Crippen LogP contribution is 2.21. The normalized spacial score (nSPS) is 10.1. The van der Waals surface area contributed by atoms with Crippen LogP contribution in [-0.2, 0) is 4.79 Å². The molecular formula is C15H11ClFN3O4. The average molecular weight is 352 g/mol. The number of carbonyl (C=O) groups excluding carboxylic acids is 2. The fourth-order valence-corrected chi connectivity index (χ4v) is 1.99. The van der Waals surface area contributed by atoms with Crippen LogP contribution in [0, 0.1) is 15.9 Å². The Morgan fingerprint density at radius 3 is 2.62 bits per heavy atom. The Hall–Kier alpha value is -3.00. The molecular weight excluding hydrogens is 341 g/mol. The number of halogens is 2. The summed E-state index contributed by atoms with van der Waals surface area (Å²) in [4.78, 5) is 33.7. The van der Waals surface area contributed by atoms with Gasteiger partial charge in [0.15, 0.2) is 5.82 Å². The summed E-state index contributed by atoms with van der Waals surface area (Å²) in [6.07, 6.45) is 0. The van der Waals surface area contributed by atoms with Crippen molar-refractivity contribution in [2.45, 2.75) is 0 Å². The van der Waals surface area contributed by atoms with Crippen LogP contribution in [-0.4, -0.2) is 23.3 Å². The molecule has 24 heavy (non-hydrogen) atoms. The minimum atomic E-state index is -0.780. The van der Waals surface area contributed by atoms with Crippen LogP contribution < -0.4 is 10.6 Å². The van der Waals surface area contributed by atoms with Gasteiger partial charge in [0.1, 0.15) is 0 Å². The van der Waals surface area contributed by atoms with Gasteiger partial charge in [-0.2, -0.15) is 0 Å². The number of nitro benzene ring substituents is 1. The summed E-state index contributed by atoms with van der Waals surface area (Å²) in [6, 6.07) is 9.17. The minimum Gasteiger partial charge on any atom is -0.343 e. The number of nitrogens with zero attached hydrogens (tertiary/aromatic N) is 1. The first-order valence-electron chi connectivity index (χ1n) is 6.65. The standard InChI is InChI=1S/C15H11ClFN3O4/c16-11-5-2-6-12(14(11)17)19-13(21)8-18-15(22)9-3-1-4-10(7-9)20(23)24/h1-7H,8H2,(H,18,22)(H,19,21). The van der Waals surface area contributed by atoms with Crippen molar-refractivity contribution in [3.05, 3.63) is 69.0 Å². The summed E-state index contributed by atoms with van der Waals surface area (Å²) in [5, 5.41) is 15.1. The van der Waals surface area contributed by atoms with Crippen molar-refractivity contribution in [3.8, 4) is 0 Å². The maximum Gasteiger partial charge on any atom is 0.270 e. The van der Waals surface area contributed by atoms with E-state index in [1.54, 1.807) is 0 Å². The van der Waals surface area contributed by atoms with E-state index in [9.17, 15) is 24.1 Å². The van der Waals surface area contributed by atoms with E-state index < -0.39 is 29.1 Å². The lowest BCUT2D eigenvalue weighted by atomic mass is 10.2. The molecule has 0 radical (unpaired) electrons. The van der Waals surface area contributed by atoms with E-state index in [0.717, 1.165) is 6.07 Å². The number of nitro groups is 1. The number of carbonyl (C=O) groups is 2. The van der Waals surface area contributed by atoms with Gasteiger partial charge in [-0.1, -0.05) is 23.7 Å². The molecule has 0 bridgehead atoms. The zero-order valence-corrected chi connectivity index (χ0v) is 12.8. The van der Waals surface area contributed by atoms with Crippen molar-refractivity contribution in [3.63, 3.8) is 0 Å². The third-order valence-electron chi connectivity index (χ3n) is 2.95. The molecule has 0 spiro atoms. The molecule has 0 aliphatic heterocycles. The zero-order valence-electron chi connectivity index (χ0n) is 12.1. The summed E-state index contributed by atoms with van der Waals surface area (Å²) in [6.45, 7) is -0.437. The second-order valence-electron chi connectivity index (χ2n) is 4.64. The van der Waals surface area contributed by atoms with Gasteiger partial charge in [0.25, 0.3) is 11.6 Å². The highest BCUT2D eigenvalue weighted by Gasteiger charge is 2.14. The number of hydrogen-bond acceptors (Lipinski definition) is 4. The number of non-ortho nitro benzene ring substituents is 1. The van der Waals surface area contributed by atoms with Gasteiger partial charge >= 0.3 is 0 Å². The molecule has 0 atom stereocenters. The molecule has 0 aliphatic rings. The number of benzene rings is 2. The van der Waals surface area contributed by atoms with Gasteiger partial charge in [0, 0.05) is 17.7 Å². The molecule has 0 saturated heterocycles. The molecule has 0 saturated carbocycles. The van der Waals surface area contributed by atoms with Crippen LogP contribution >= 0.6 is 11.6 Å². The van der Waals surface area contributed by atoms with Gasteiger partial charge in [-0.3, -0.25) is 19.7 Å². The fraction of sp³-hybridized carbons (Fsp3) is 0.0667. The first-order valence-corrected chi connectivity index (χ1v) is 7.03. The molecule has 9 heteroatoms. The van der Waals surface area contributed by atoms with Gasteiger partial charge in [-0.25, -0.2) is 4.39 Å². The first kappa shape index (κ1) is 17.4. The van der Waals surface area contributed by atoms with Crippen LogP contribution in [0.3, 0.4) is 0 Å². The lowest BCUT2D eigenvalue weighted by Crippen LogP contribution is -2.33. The largest absolute Gasteiger partial charge is 0.343 e. The second kappa shape index (κ2) is 7.51. The average Bonchev–Trinajstić information content (AvgIpc) is 2.57. The van der Waals surface area contributed by atoms with Crippen molar-refractivity contribution in [1.29, 1.82) is 0 Å². The topological polar surface area (TPSA) is 101 Å². The summed E-state index contributed by atoms with van der Waals surface area (Å²) in [5.41, 5.74) is -0.323. The lowest BCUT2D eigenvalue weighted by molar-refractivity contribution is -0.384. The van der Waals surface area contributed by atoms with Crippen LogP contribution in [0.2, 0.25) is 5.02 Å². The van der Waals surface area contributed by atoms with Gasteiger partial charge in [-0.05, 0) is 18.2 Å². The van der Waals surface area contributed by atoms with Crippen LogP contribution in [0.4, 0.5) is 15.8 Å². The molecule has 2 rings (SSSR count). The number of rotatable bonds is 5. The monoisotopic (exact) mass is 351 g/mol. The predicted molar refractivity (Wildman–Crippen MR) is 85.5 cm³/mol. The highest BCUT2D eigenvalue weighted by atomic mass is 35.5. The molecule has 2 aromatic rings. The smallest absolute Gasteiger partial charge is 0.270 e. The molecule has 2 N–H and O–H groups in total. The van der Waals surface area contributed by atoms with E-state index in [2.05, 4.69) is 10.6 Å². The Kier molecular flexibility index (Phi) is 5.43. The third-order valence-corrected chi connectivity index (χ3v) is 3.25. The number of anilines is 1. The van der Waals surface area contributed by atoms with E-state index >= 15 is 0 Å². The van der Waals surface area contributed by atoms with Gasteiger partial charge in [0.2, 0.25) is 5.91 Å². The van der Waals surface area contributed by atoms with E-state index in [1.807, 2.05) is 0 Å². The summed E-state index contributed by atoms with van der Waals surface area (Å²) in [5.74, 6) is -2.12. The molecule has 0 fully saturated rings. The van der Waals surface area contributed by atoms with Gasteiger partial charge in [-0.15, -0.1) is 0 Å². The summed E-state index contributed by atoms with van der Waals surface area (Å²) >= 11 is 5.59. The zero-order chi connectivity index (χ0) is 17.7. The number of nitrogens with one attached hydrogen (secondary N) is 2. The van der Waals surface area contributed by atoms with Crippen molar-refractivity contribution < 1.29 is 18.9 Å². The van der Waals surface area contributed by atoms with Crippen LogP contribution in [0.1, 0.15) is 10.4 Å². The summed E-state index contributed by atoms with van der Waals surface area (Å²) in [7, 11) is 0. The van der Waals surface area contributed by atoms with Crippen LogP contribution in [0.15, 0.2) is 42.5 Å². The Labute approximate surface area is 140 Å². The predicted octanol–water partition coefficient (Wildman–Crippen LogP) is 2.76. The van der Waals surface area contributed by atoms with Gasteiger partial charge in [0.05, 0.1) is 22.2 Å². The van der Waals surface area contributed by atoms with Crippen molar-refractivity contribution in [1.82, 2.24) is 5.32 Å². The van der Waals surface area contributed by atoms with E-state index in [4.69, 9.17) is 11.6 Å². The molecule has 124 valence electrons. The molecule has 0 unspecified atom stereocenters. The number of hydrogen-bond donors (Lipinski definition) is 2. The fourth-order valence-electron chi connectivity index (χ4n) is 1.82. The number of amides is 2. The second-order valence-corrected chi connectivity index (χ2v) is 5.05. The van der Waals surface area contributed by atoms with E-state index in [-0.39, 0.29) is 22.0 Å². The molecule has 0 heterocycles. The quantitative estimate of drug-likeness (QED) is 0.638. The Bertz CT molecular complexity index is 813. The SMILES string of the molecule is O=C(CNC(=O)c1cccc([N+](=O)[O-])c1)Nc1cccc(Cl)c1F. The minimum absolute atomic E-state index is 0.0333. The Balaban J connectivity index is 1.96. The summed E-state index contributed by atoms with van der Waals surface area (Å²) < 4.78 is 13.6.